The van der Waals surface area contributed by atoms with E-state index in [0.717, 1.165) is 16.8 Å². The number of nitrogens with one attached hydrogen (secondary N) is 1. The summed E-state index contributed by atoms with van der Waals surface area (Å²) in [5.74, 6) is 0.142. The summed E-state index contributed by atoms with van der Waals surface area (Å²) in [4.78, 5) is 20.0. The predicted molar refractivity (Wildman–Crippen MR) is 86.4 cm³/mol. The Kier molecular flexibility index (Phi) is 4.96. The molecule has 7 heteroatoms. The summed E-state index contributed by atoms with van der Waals surface area (Å²) in [5.41, 5.74) is 8.69. The van der Waals surface area contributed by atoms with Gasteiger partial charge in [0.25, 0.3) is 0 Å². The highest BCUT2D eigenvalue weighted by molar-refractivity contribution is 7.99. The maximum absolute atomic E-state index is 12.0. The van der Waals surface area contributed by atoms with Gasteiger partial charge in [0.1, 0.15) is 17.5 Å². The van der Waals surface area contributed by atoms with Crippen molar-refractivity contribution in [3.8, 4) is 6.07 Å². The van der Waals surface area contributed by atoms with Crippen LogP contribution in [-0.4, -0.2) is 21.6 Å². The standard InChI is InChI=1S/C15H15N5OS/c1-9-4-3-5-10(2)13(9)19-12(21)8-22-15-18-7-11(6-16)14(17)20-15/h3-5,7H,8H2,1-2H3,(H,19,21)(H2,17,18,20). The number of aryl methyl sites for hydroxylation is 2. The van der Waals surface area contributed by atoms with Crippen LogP contribution < -0.4 is 11.1 Å². The van der Waals surface area contributed by atoms with Crippen LogP contribution in [0.3, 0.4) is 0 Å². The van der Waals surface area contributed by atoms with E-state index in [2.05, 4.69) is 15.3 Å². The zero-order chi connectivity index (χ0) is 16.1. The number of aromatic nitrogens is 2. The molecule has 1 amide bonds. The second-order valence-corrected chi connectivity index (χ2v) is 5.61. The van der Waals surface area contributed by atoms with E-state index < -0.39 is 0 Å². The Morgan fingerprint density at radius 2 is 2.09 bits per heavy atom. The van der Waals surface area contributed by atoms with Crippen LogP contribution in [0.1, 0.15) is 16.7 Å². The molecule has 0 aliphatic carbocycles. The van der Waals surface area contributed by atoms with Gasteiger partial charge >= 0.3 is 0 Å². The molecule has 6 nitrogen and oxygen atoms in total. The van der Waals surface area contributed by atoms with E-state index >= 15 is 0 Å². The highest BCUT2D eigenvalue weighted by atomic mass is 32.2. The Morgan fingerprint density at radius 1 is 1.41 bits per heavy atom. The van der Waals surface area contributed by atoms with Crippen LogP contribution in [0, 0.1) is 25.2 Å². The van der Waals surface area contributed by atoms with Crippen LogP contribution >= 0.6 is 11.8 Å². The molecular formula is C15H15N5OS. The molecule has 0 aliphatic rings. The van der Waals surface area contributed by atoms with Gasteiger partial charge in [0.2, 0.25) is 5.91 Å². The Labute approximate surface area is 132 Å². The molecule has 0 aliphatic heterocycles. The first-order valence-corrected chi connectivity index (χ1v) is 7.51. The average molecular weight is 313 g/mol. The number of nitriles is 1. The molecule has 0 saturated carbocycles. The number of nitrogens with zero attached hydrogens (tertiary/aromatic N) is 3. The number of para-hydroxylation sites is 1. The monoisotopic (exact) mass is 313 g/mol. The van der Waals surface area contributed by atoms with Gasteiger partial charge in [-0.3, -0.25) is 4.79 Å². The number of hydrogen-bond acceptors (Lipinski definition) is 6. The molecule has 0 atom stereocenters. The van der Waals surface area contributed by atoms with Gasteiger partial charge < -0.3 is 11.1 Å². The summed E-state index contributed by atoms with van der Waals surface area (Å²) in [6.07, 6.45) is 1.36. The third-order valence-corrected chi connectivity index (χ3v) is 3.86. The minimum Gasteiger partial charge on any atom is -0.382 e. The quantitative estimate of drug-likeness (QED) is 0.662. The minimum absolute atomic E-state index is 0.121. The van der Waals surface area contributed by atoms with Gasteiger partial charge in [-0.1, -0.05) is 30.0 Å². The van der Waals surface area contributed by atoms with Crippen LogP contribution in [0.25, 0.3) is 0 Å². The number of nitrogen functional groups attached to an aromatic ring is 1. The number of hydrogen-bond donors (Lipinski definition) is 2. The van der Waals surface area contributed by atoms with Crippen LogP contribution in [0.2, 0.25) is 0 Å². The van der Waals surface area contributed by atoms with Crippen molar-refractivity contribution >= 4 is 29.2 Å². The lowest BCUT2D eigenvalue weighted by Crippen LogP contribution is -2.16. The number of amides is 1. The Hall–Kier alpha value is -2.59. The Balaban J connectivity index is 1.99. The molecule has 1 aromatic heterocycles. The van der Waals surface area contributed by atoms with Gasteiger partial charge in [-0.15, -0.1) is 0 Å². The molecule has 0 fully saturated rings. The SMILES string of the molecule is Cc1cccc(C)c1NC(=O)CSc1ncc(C#N)c(N)n1. The van der Waals surface area contributed by atoms with Gasteiger partial charge in [0.15, 0.2) is 5.16 Å². The molecule has 2 aromatic rings. The smallest absolute Gasteiger partial charge is 0.234 e. The molecule has 112 valence electrons. The fourth-order valence-electron chi connectivity index (χ4n) is 1.85. The summed E-state index contributed by atoms with van der Waals surface area (Å²) in [7, 11) is 0. The van der Waals surface area contributed by atoms with E-state index in [1.54, 1.807) is 0 Å². The summed E-state index contributed by atoms with van der Waals surface area (Å²) < 4.78 is 0. The Bertz CT molecular complexity index is 734. The van der Waals surface area contributed by atoms with Gasteiger partial charge in [-0.25, -0.2) is 9.97 Å². The average Bonchev–Trinajstić information content (AvgIpc) is 2.49. The van der Waals surface area contributed by atoms with Crippen molar-refractivity contribution in [2.24, 2.45) is 0 Å². The lowest BCUT2D eigenvalue weighted by Gasteiger charge is -2.11. The number of anilines is 2. The van der Waals surface area contributed by atoms with E-state index in [0.29, 0.717) is 5.16 Å². The molecule has 0 saturated heterocycles. The van der Waals surface area contributed by atoms with Crippen LogP contribution in [-0.2, 0) is 4.79 Å². The normalized spacial score (nSPS) is 10.0. The fourth-order valence-corrected chi connectivity index (χ4v) is 2.47. The molecule has 2 rings (SSSR count). The number of nitrogens with two attached hydrogens (primary N) is 1. The van der Waals surface area contributed by atoms with Gasteiger partial charge in [0.05, 0.1) is 11.9 Å². The molecular weight excluding hydrogens is 298 g/mol. The second kappa shape index (κ2) is 6.91. The summed E-state index contributed by atoms with van der Waals surface area (Å²) in [5, 5.41) is 12.0. The first kappa shape index (κ1) is 15.8. The number of carbonyl (C=O) groups is 1. The van der Waals surface area contributed by atoms with E-state index in [-0.39, 0.29) is 23.0 Å². The predicted octanol–water partition coefficient (Wildman–Crippen LogP) is 2.28. The lowest BCUT2D eigenvalue weighted by molar-refractivity contribution is -0.113. The molecule has 0 radical (unpaired) electrons. The zero-order valence-corrected chi connectivity index (χ0v) is 13.1. The second-order valence-electron chi connectivity index (χ2n) is 4.67. The van der Waals surface area contributed by atoms with E-state index in [9.17, 15) is 4.79 Å². The summed E-state index contributed by atoms with van der Waals surface area (Å²) in [6, 6.07) is 7.73. The van der Waals surface area contributed by atoms with Crippen molar-refractivity contribution in [2.45, 2.75) is 19.0 Å². The highest BCUT2D eigenvalue weighted by Crippen LogP contribution is 2.21. The fraction of sp³-hybridized carbons (Fsp3) is 0.200. The first-order valence-electron chi connectivity index (χ1n) is 6.52. The molecule has 22 heavy (non-hydrogen) atoms. The topological polar surface area (TPSA) is 105 Å². The summed E-state index contributed by atoms with van der Waals surface area (Å²) >= 11 is 1.17. The highest BCUT2D eigenvalue weighted by Gasteiger charge is 2.10. The third-order valence-electron chi connectivity index (χ3n) is 2.99. The molecule has 0 bridgehead atoms. The van der Waals surface area contributed by atoms with E-state index in [1.807, 2.05) is 38.1 Å². The van der Waals surface area contributed by atoms with Crippen LogP contribution in [0.4, 0.5) is 11.5 Å². The van der Waals surface area contributed by atoms with E-state index in [1.165, 1.54) is 18.0 Å². The molecule has 3 N–H and O–H groups in total. The number of carbonyl (C=O) groups excluding carboxylic acids is 1. The molecule has 1 aromatic carbocycles. The van der Waals surface area contributed by atoms with Crippen molar-refractivity contribution in [2.75, 3.05) is 16.8 Å². The third kappa shape index (κ3) is 3.74. The maximum Gasteiger partial charge on any atom is 0.234 e. The molecule has 0 spiro atoms. The van der Waals surface area contributed by atoms with Crippen molar-refractivity contribution in [3.05, 3.63) is 41.1 Å². The first-order chi connectivity index (χ1) is 10.5. The largest absolute Gasteiger partial charge is 0.382 e. The van der Waals surface area contributed by atoms with Gasteiger partial charge in [-0.05, 0) is 25.0 Å². The van der Waals surface area contributed by atoms with E-state index in [4.69, 9.17) is 11.0 Å². The minimum atomic E-state index is -0.145. The van der Waals surface area contributed by atoms with Gasteiger partial charge in [0, 0.05) is 5.69 Å². The maximum atomic E-state index is 12.0. The zero-order valence-electron chi connectivity index (χ0n) is 12.3. The van der Waals surface area contributed by atoms with Gasteiger partial charge in [-0.2, -0.15) is 5.26 Å². The van der Waals surface area contributed by atoms with Crippen molar-refractivity contribution < 1.29 is 4.79 Å². The van der Waals surface area contributed by atoms with Crippen molar-refractivity contribution in [3.63, 3.8) is 0 Å². The van der Waals surface area contributed by atoms with Crippen molar-refractivity contribution in [1.29, 1.82) is 5.26 Å². The number of rotatable bonds is 4. The summed E-state index contributed by atoms with van der Waals surface area (Å²) in [6.45, 7) is 3.89. The number of thioether (sulfide) groups is 1. The number of benzene rings is 1. The molecule has 0 unspecified atom stereocenters. The van der Waals surface area contributed by atoms with Crippen LogP contribution in [0.15, 0.2) is 29.6 Å². The van der Waals surface area contributed by atoms with Crippen LogP contribution in [0.5, 0.6) is 0 Å². The lowest BCUT2D eigenvalue weighted by atomic mass is 10.1. The molecule has 1 heterocycles. The van der Waals surface area contributed by atoms with Crippen molar-refractivity contribution in [1.82, 2.24) is 9.97 Å². The Morgan fingerprint density at radius 3 is 2.68 bits per heavy atom.